The summed E-state index contributed by atoms with van der Waals surface area (Å²) in [4.78, 5) is 13.8. The summed E-state index contributed by atoms with van der Waals surface area (Å²) in [5.74, 6) is -1.21. The summed E-state index contributed by atoms with van der Waals surface area (Å²) < 4.78 is 24.6. The van der Waals surface area contributed by atoms with Gasteiger partial charge in [-0.05, 0) is 11.6 Å². The van der Waals surface area contributed by atoms with Gasteiger partial charge < -0.3 is 10.8 Å². The van der Waals surface area contributed by atoms with Gasteiger partial charge in [0.05, 0.1) is 5.56 Å². The number of halogens is 2. The molecule has 1 rings (SSSR count). The number of hydrogen-bond acceptors (Lipinski definition) is 3. The second-order valence-corrected chi connectivity index (χ2v) is 2.58. The third kappa shape index (κ3) is 2.02. The molecule has 3 N–H and O–H groups in total. The number of pyridine rings is 1. The molecule has 1 aromatic rings. The quantitative estimate of drug-likeness (QED) is 0.771. The highest BCUT2D eigenvalue weighted by atomic mass is 19.3. The van der Waals surface area contributed by atoms with Gasteiger partial charge in [-0.1, -0.05) is 0 Å². The maximum absolute atomic E-state index is 12.3. The number of carboxylic acids is 1. The first-order valence-electron chi connectivity index (χ1n) is 3.76. The van der Waals surface area contributed by atoms with Crippen LogP contribution in [0.25, 0.3) is 0 Å². The largest absolute Gasteiger partial charge is 0.478 e. The van der Waals surface area contributed by atoms with Crippen molar-refractivity contribution in [3.05, 3.63) is 29.1 Å². The molecule has 0 aliphatic heterocycles. The number of rotatable bonds is 3. The molecule has 0 aliphatic rings. The van der Waals surface area contributed by atoms with Crippen LogP contribution >= 0.6 is 0 Å². The molecule has 0 saturated carbocycles. The predicted octanol–water partition coefficient (Wildman–Crippen LogP) is 1.18. The molecular weight excluding hydrogens is 194 g/mol. The second-order valence-electron chi connectivity index (χ2n) is 2.58. The van der Waals surface area contributed by atoms with Gasteiger partial charge in [0.1, 0.15) is 5.69 Å². The van der Waals surface area contributed by atoms with Crippen molar-refractivity contribution >= 4 is 5.97 Å². The highest BCUT2D eigenvalue weighted by Crippen LogP contribution is 2.20. The van der Waals surface area contributed by atoms with Gasteiger partial charge in [-0.2, -0.15) is 0 Å². The Morgan fingerprint density at radius 3 is 2.71 bits per heavy atom. The number of carboxylic acid groups (broad SMARTS) is 1. The molecule has 1 aromatic heterocycles. The average Bonchev–Trinajstić information content (AvgIpc) is 2.16. The van der Waals surface area contributed by atoms with Crippen molar-refractivity contribution in [1.29, 1.82) is 0 Å². The van der Waals surface area contributed by atoms with Crippen LogP contribution in [-0.4, -0.2) is 16.1 Å². The molecule has 0 saturated heterocycles. The zero-order chi connectivity index (χ0) is 10.7. The summed E-state index contributed by atoms with van der Waals surface area (Å²) in [7, 11) is 0. The molecule has 4 nitrogen and oxygen atoms in total. The Labute approximate surface area is 78.4 Å². The van der Waals surface area contributed by atoms with E-state index in [1.54, 1.807) is 0 Å². The molecule has 14 heavy (non-hydrogen) atoms. The number of nitrogens with zero attached hydrogens (tertiary/aromatic N) is 1. The smallest absolute Gasteiger partial charge is 0.337 e. The van der Waals surface area contributed by atoms with Crippen LogP contribution in [0.3, 0.4) is 0 Å². The van der Waals surface area contributed by atoms with Crippen molar-refractivity contribution in [3.63, 3.8) is 0 Å². The number of carbonyl (C=O) groups is 1. The lowest BCUT2D eigenvalue weighted by molar-refractivity contribution is 0.0695. The summed E-state index contributed by atoms with van der Waals surface area (Å²) in [5.41, 5.74) is 4.64. The molecule has 0 fully saturated rings. The zero-order valence-corrected chi connectivity index (χ0v) is 7.08. The Balaban J connectivity index is 3.18. The number of alkyl halides is 2. The van der Waals surface area contributed by atoms with Crippen molar-refractivity contribution in [3.8, 4) is 0 Å². The Kier molecular flexibility index (Phi) is 3.08. The van der Waals surface area contributed by atoms with Crippen LogP contribution in [0.5, 0.6) is 0 Å². The van der Waals surface area contributed by atoms with Crippen molar-refractivity contribution in [2.24, 2.45) is 5.73 Å². The zero-order valence-electron chi connectivity index (χ0n) is 7.08. The molecule has 76 valence electrons. The Morgan fingerprint density at radius 2 is 2.29 bits per heavy atom. The number of hydrogen-bond donors (Lipinski definition) is 2. The van der Waals surface area contributed by atoms with Crippen LogP contribution in [0.4, 0.5) is 8.78 Å². The fourth-order valence-corrected chi connectivity index (χ4v) is 0.998. The van der Waals surface area contributed by atoms with Gasteiger partial charge in [-0.25, -0.2) is 13.6 Å². The van der Waals surface area contributed by atoms with E-state index in [1.807, 2.05) is 0 Å². The second kappa shape index (κ2) is 4.10. The highest BCUT2D eigenvalue weighted by Gasteiger charge is 2.15. The monoisotopic (exact) mass is 202 g/mol. The minimum absolute atomic E-state index is 0.0555. The van der Waals surface area contributed by atoms with Crippen LogP contribution in [-0.2, 0) is 6.54 Å². The van der Waals surface area contributed by atoms with Crippen LogP contribution in [0.1, 0.15) is 28.0 Å². The fourth-order valence-electron chi connectivity index (χ4n) is 0.998. The van der Waals surface area contributed by atoms with Crippen LogP contribution in [0.15, 0.2) is 12.3 Å². The van der Waals surface area contributed by atoms with Crippen molar-refractivity contribution in [2.75, 3.05) is 0 Å². The van der Waals surface area contributed by atoms with E-state index in [0.717, 1.165) is 12.3 Å². The summed E-state index contributed by atoms with van der Waals surface area (Å²) in [5, 5.41) is 8.57. The third-order valence-corrected chi connectivity index (χ3v) is 1.68. The maximum Gasteiger partial charge on any atom is 0.337 e. The van der Waals surface area contributed by atoms with E-state index >= 15 is 0 Å². The van der Waals surface area contributed by atoms with Crippen molar-refractivity contribution in [2.45, 2.75) is 13.0 Å². The van der Waals surface area contributed by atoms with Crippen molar-refractivity contribution in [1.82, 2.24) is 4.98 Å². The lowest BCUT2D eigenvalue weighted by atomic mass is 10.1. The topological polar surface area (TPSA) is 76.2 Å². The van der Waals surface area contributed by atoms with Gasteiger partial charge in [0.15, 0.2) is 0 Å². The minimum Gasteiger partial charge on any atom is -0.478 e. The maximum atomic E-state index is 12.3. The first kappa shape index (κ1) is 10.5. The fraction of sp³-hybridized carbons (Fsp3) is 0.250. The molecule has 1 heterocycles. The number of aromatic nitrogens is 1. The minimum atomic E-state index is -2.74. The molecule has 0 atom stereocenters. The van der Waals surface area contributed by atoms with Crippen LogP contribution < -0.4 is 5.73 Å². The average molecular weight is 202 g/mol. The summed E-state index contributed by atoms with van der Waals surface area (Å²) >= 11 is 0. The number of aromatic carboxylic acids is 1. The van der Waals surface area contributed by atoms with E-state index in [4.69, 9.17) is 10.8 Å². The standard InChI is InChI=1S/C8H8F2N2O2/c9-7(10)6-4(2-11)1-5(3-12-6)8(13)14/h1,3,7H,2,11H2,(H,13,14). The molecule has 0 aromatic carbocycles. The third-order valence-electron chi connectivity index (χ3n) is 1.68. The lowest BCUT2D eigenvalue weighted by Gasteiger charge is -2.06. The number of nitrogens with two attached hydrogens (primary N) is 1. The Morgan fingerprint density at radius 1 is 1.64 bits per heavy atom. The first-order valence-corrected chi connectivity index (χ1v) is 3.76. The van der Waals surface area contributed by atoms with Gasteiger partial charge in [0.25, 0.3) is 6.43 Å². The molecule has 0 aliphatic carbocycles. The molecule has 0 unspecified atom stereocenters. The van der Waals surface area contributed by atoms with Gasteiger partial charge >= 0.3 is 5.97 Å². The molecular formula is C8H8F2N2O2. The highest BCUT2D eigenvalue weighted by molar-refractivity contribution is 5.87. The van der Waals surface area contributed by atoms with E-state index in [-0.39, 0.29) is 17.7 Å². The van der Waals surface area contributed by atoms with E-state index in [2.05, 4.69) is 4.98 Å². The Bertz CT molecular complexity index is 355. The van der Waals surface area contributed by atoms with Gasteiger partial charge in [-0.3, -0.25) is 4.98 Å². The van der Waals surface area contributed by atoms with E-state index in [0.29, 0.717) is 0 Å². The molecule has 0 amide bonds. The van der Waals surface area contributed by atoms with Gasteiger partial charge in [-0.15, -0.1) is 0 Å². The van der Waals surface area contributed by atoms with Crippen LogP contribution in [0, 0.1) is 0 Å². The molecule has 0 bridgehead atoms. The van der Waals surface area contributed by atoms with Crippen molar-refractivity contribution < 1.29 is 18.7 Å². The van der Waals surface area contributed by atoms with Gasteiger partial charge in [0.2, 0.25) is 0 Å². The van der Waals surface area contributed by atoms with E-state index < -0.39 is 18.1 Å². The summed E-state index contributed by atoms with van der Waals surface area (Å²) in [6.07, 6.45) is -1.85. The van der Waals surface area contributed by atoms with Gasteiger partial charge in [0, 0.05) is 12.7 Å². The van der Waals surface area contributed by atoms with E-state index in [1.165, 1.54) is 0 Å². The lowest BCUT2D eigenvalue weighted by Crippen LogP contribution is -2.08. The molecule has 0 spiro atoms. The molecule has 6 heteroatoms. The summed E-state index contributed by atoms with van der Waals surface area (Å²) in [6.45, 7) is -0.159. The predicted molar refractivity (Wildman–Crippen MR) is 44.0 cm³/mol. The first-order chi connectivity index (χ1) is 6.56. The Hall–Kier alpha value is -1.56. The van der Waals surface area contributed by atoms with Crippen LogP contribution in [0.2, 0.25) is 0 Å². The SMILES string of the molecule is NCc1cc(C(=O)O)cnc1C(F)F. The van der Waals surface area contributed by atoms with E-state index in [9.17, 15) is 13.6 Å². The molecule has 0 radical (unpaired) electrons. The summed E-state index contributed by atoms with van der Waals surface area (Å²) in [6, 6.07) is 1.11. The normalized spacial score (nSPS) is 10.6.